The highest BCUT2D eigenvalue weighted by Gasteiger charge is 2.54. The number of aliphatic carboxylic acids is 1. The molecule has 0 bridgehead atoms. The van der Waals surface area contributed by atoms with Gasteiger partial charge in [-0.05, 0) is 6.07 Å². The van der Waals surface area contributed by atoms with E-state index in [0.717, 1.165) is 16.2 Å². The zero-order valence-electron chi connectivity index (χ0n) is 19.6. The average molecular weight is 559 g/mol. The van der Waals surface area contributed by atoms with Crippen LogP contribution in [0.3, 0.4) is 0 Å². The van der Waals surface area contributed by atoms with Crippen LogP contribution in [0.4, 0.5) is 5.13 Å². The number of aromatic nitrogens is 3. The second-order valence-electron chi connectivity index (χ2n) is 8.18. The number of nitrogens with zero attached hydrogens (tertiary/aromatic N) is 5. The molecule has 0 aromatic carbocycles. The van der Waals surface area contributed by atoms with Crippen LogP contribution in [0.25, 0.3) is 5.65 Å². The summed E-state index contributed by atoms with van der Waals surface area (Å²) in [5.74, 6) is -3.66. The van der Waals surface area contributed by atoms with Gasteiger partial charge in [0.2, 0.25) is 0 Å². The van der Waals surface area contributed by atoms with Crippen LogP contribution in [0.1, 0.15) is 16.2 Å². The molecule has 3 aromatic heterocycles. The Morgan fingerprint density at radius 1 is 1.32 bits per heavy atom. The molecule has 5 N–H and O–H groups in total. The maximum absolute atomic E-state index is 13.1. The molecule has 196 valence electrons. The number of carboxylic acid groups (broad SMARTS) is 2. The Kier molecular flexibility index (Phi) is 6.50. The van der Waals surface area contributed by atoms with Crippen LogP contribution in [0.5, 0.6) is 0 Å². The molecule has 0 radical (unpaired) electrons. The summed E-state index contributed by atoms with van der Waals surface area (Å²) >= 11 is 2.36. The minimum Gasteiger partial charge on any atom is -0.477 e. The largest absolute Gasteiger partial charge is 0.477 e. The van der Waals surface area contributed by atoms with E-state index in [9.17, 15) is 29.4 Å². The summed E-state index contributed by atoms with van der Waals surface area (Å²) in [5, 5.41) is 27.0. The van der Waals surface area contributed by atoms with Crippen molar-refractivity contribution in [2.75, 3.05) is 18.6 Å². The number of fused-ring (bicyclic) bond motifs is 2. The number of rotatable bonds is 8. The number of carbonyl (C=O) groups excluding carboxylic acids is 2. The molecule has 5 rings (SSSR count). The van der Waals surface area contributed by atoms with Crippen molar-refractivity contribution < 1.29 is 38.6 Å². The van der Waals surface area contributed by atoms with Gasteiger partial charge in [-0.15, -0.1) is 23.1 Å². The number of hydrogen-bond acceptors (Lipinski definition) is 10. The Morgan fingerprint density at radius 2 is 2.11 bits per heavy atom. The molecule has 0 saturated carbocycles. The second kappa shape index (κ2) is 9.79. The van der Waals surface area contributed by atoms with Gasteiger partial charge in [0.05, 0.1) is 6.20 Å². The number of carbonyl (C=O) groups is 4. The number of hydrogen-bond donors (Lipinski definition) is 4. The third kappa shape index (κ3) is 4.22. The first-order valence-corrected chi connectivity index (χ1v) is 12.9. The first kappa shape index (κ1) is 25.2. The molecule has 5 heterocycles. The van der Waals surface area contributed by atoms with E-state index >= 15 is 0 Å². The summed E-state index contributed by atoms with van der Waals surface area (Å²) in [4.78, 5) is 60.0. The van der Waals surface area contributed by atoms with Gasteiger partial charge in [-0.1, -0.05) is 11.2 Å². The van der Waals surface area contributed by atoms with Crippen molar-refractivity contribution >= 4 is 63.3 Å². The lowest BCUT2D eigenvalue weighted by Gasteiger charge is -2.49. The number of oxime groups is 1. The Labute approximate surface area is 222 Å². The summed E-state index contributed by atoms with van der Waals surface area (Å²) < 4.78 is 3.11. The number of nitrogens with one attached hydrogen (secondary N) is 1. The lowest BCUT2D eigenvalue weighted by Crippen LogP contribution is -2.71. The van der Waals surface area contributed by atoms with Gasteiger partial charge in [-0.25, -0.2) is 23.5 Å². The molecule has 38 heavy (non-hydrogen) atoms. The van der Waals surface area contributed by atoms with Gasteiger partial charge >= 0.3 is 11.9 Å². The van der Waals surface area contributed by atoms with Crippen molar-refractivity contribution in [2.24, 2.45) is 5.16 Å². The monoisotopic (exact) mass is 558 g/mol. The fraction of sp³-hybridized carbons (Fsp3) is 0.227. The van der Waals surface area contributed by atoms with Gasteiger partial charge in [0.25, 0.3) is 23.2 Å². The van der Waals surface area contributed by atoms with Crippen LogP contribution in [-0.2, 0) is 25.8 Å². The second-order valence-corrected chi connectivity index (χ2v) is 10.2. The van der Waals surface area contributed by atoms with E-state index in [4.69, 9.17) is 10.6 Å². The van der Waals surface area contributed by atoms with Gasteiger partial charge in [0.15, 0.2) is 17.0 Å². The first-order chi connectivity index (χ1) is 18.2. The van der Waals surface area contributed by atoms with Crippen LogP contribution >= 0.6 is 23.1 Å². The van der Waals surface area contributed by atoms with E-state index < -0.39 is 35.2 Å². The van der Waals surface area contributed by atoms with Crippen molar-refractivity contribution in [3.8, 4) is 0 Å². The molecule has 3 aromatic rings. The molecule has 0 aliphatic carbocycles. The Morgan fingerprint density at radius 3 is 2.76 bits per heavy atom. The number of thioether (sulfide) groups is 1. The van der Waals surface area contributed by atoms with Crippen LogP contribution in [0.2, 0.25) is 0 Å². The fourth-order valence-corrected chi connectivity index (χ4v) is 6.23. The predicted octanol–water partition coefficient (Wildman–Crippen LogP) is -0.247. The van der Waals surface area contributed by atoms with Crippen LogP contribution in [0, 0.1) is 0 Å². The number of thiazole rings is 1. The van der Waals surface area contributed by atoms with E-state index in [1.807, 2.05) is 0 Å². The van der Waals surface area contributed by atoms with E-state index in [1.165, 1.54) is 35.0 Å². The number of amides is 2. The SMILES string of the molecule is CO/N=C(/C(=O)N[C@@H]1C(=O)N2C(C(=O)O)=C(Cn3c(C(=O)O)c[n+]4ccccc34)CS[C@H]12)c1csc(N)n1. The lowest BCUT2D eigenvalue weighted by molar-refractivity contribution is -0.510. The van der Waals surface area contributed by atoms with Crippen molar-refractivity contribution in [3.63, 3.8) is 0 Å². The third-order valence-electron chi connectivity index (χ3n) is 5.96. The quantitative estimate of drug-likeness (QED) is 0.124. The molecule has 16 heteroatoms. The Balaban J connectivity index is 1.42. The van der Waals surface area contributed by atoms with E-state index in [2.05, 4.69) is 15.5 Å². The zero-order valence-corrected chi connectivity index (χ0v) is 21.2. The average Bonchev–Trinajstić information content (AvgIpc) is 3.48. The highest BCUT2D eigenvalue weighted by Crippen LogP contribution is 2.41. The Hall–Kier alpha value is -4.44. The minimum atomic E-state index is -1.33. The fourth-order valence-electron chi connectivity index (χ4n) is 4.34. The van der Waals surface area contributed by atoms with Gasteiger partial charge in [-0.2, -0.15) is 0 Å². The molecular formula is C22H20N7O7S2+. The maximum Gasteiger partial charge on any atom is 0.379 e. The highest BCUT2D eigenvalue weighted by molar-refractivity contribution is 8.00. The smallest absolute Gasteiger partial charge is 0.379 e. The highest BCUT2D eigenvalue weighted by atomic mass is 32.2. The zero-order chi connectivity index (χ0) is 27.1. The van der Waals surface area contributed by atoms with Gasteiger partial charge in [0.1, 0.15) is 36.5 Å². The van der Waals surface area contributed by atoms with Crippen LogP contribution in [0.15, 0.2) is 52.4 Å². The van der Waals surface area contributed by atoms with Gasteiger partial charge in [0, 0.05) is 22.8 Å². The first-order valence-electron chi connectivity index (χ1n) is 11.0. The number of carboxylic acids is 2. The van der Waals surface area contributed by atoms with Crippen molar-refractivity contribution in [2.45, 2.75) is 18.0 Å². The summed E-state index contributed by atoms with van der Waals surface area (Å²) in [5.41, 5.74) is 6.27. The van der Waals surface area contributed by atoms with Gasteiger partial charge < -0.3 is 26.1 Å². The molecule has 0 spiro atoms. The number of imidazole rings is 1. The van der Waals surface area contributed by atoms with Crippen molar-refractivity contribution in [3.05, 3.63) is 58.6 Å². The number of nitrogens with two attached hydrogens (primary N) is 1. The molecule has 2 aliphatic heterocycles. The Bertz CT molecular complexity index is 1560. The van der Waals surface area contributed by atoms with Crippen molar-refractivity contribution in [1.82, 2.24) is 19.8 Å². The minimum absolute atomic E-state index is 0.0340. The molecule has 2 amide bonds. The molecule has 0 unspecified atom stereocenters. The summed E-state index contributed by atoms with van der Waals surface area (Å²) in [7, 11) is 1.25. The molecule has 2 aliphatic rings. The molecular weight excluding hydrogens is 538 g/mol. The summed E-state index contributed by atoms with van der Waals surface area (Å²) in [6.45, 7) is -0.0554. The standard InChI is InChI=1S/C22H19N7O7S2/c1-36-26-14(11-9-38-22(23)24-11)17(30)25-15-18(31)29-16(21(34)35)10(8-37-19(15)29)6-28-12(20(32)33)7-27-5-3-2-4-13(27)28/h2-5,7,9,15,19H,6,8H2,1H3,(H4-,23,24,25,30,32,33,34,35)/p+1/b26-14+/t15-,19-/m1/s1. The topological polar surface area (TPSA) is 194 Å². The summed E-state index contributed by atoms with van der Waals surface area (Å²) in [6, 6.07) is 4.18. The molecule has 1 fully saturated rings. The number of anilines is 1. The molecule has 14 nitrogen and oxygen atoms in total. The normalized spacial score (nSPS) is 19.2. The number of pyridine rings is 1. The van der Waals surface area contributed by atoms with E-state index in [1.54, 1.807) is 28.8 Å². The predicted molar refractivity (Wildman–Crippen MR) is 134 cm³/mol. The van der Waals surface area contributed by atoms with E-state index in [0.29, 0.717) is 11.2 Å². The van der Waals surface area contributed by atoms with Crippen molar-refractivity contribution in [1.29, 1.82) is 0 Å². The van der Waals surface area contributed by atoms with Crippen LogP contribution in [-0.4, -0.2) is 78.4 Å². The molecule has 1 saturated heterocycles. The number of aromatic carboxylic acids is 1. The van der Waals surface area contributed by atoms with E-state index in [-0.39, 0.29) is 40.2 Å². The van der Waals surface area contributed by atoms with Crippen LogP contribution < -0.4 is 15.5 Å². The number of nitrogen functional groups attached to an aromatic ring is 1. The third-order valence-corrected chi connectivity index (χ3v) is 7.98. The number of β-lactam (4-membered cyclic amide) rings is 1. The summed E-state index contributed by atoms with van der Waals surface area (Å²) in [6.07, 6.45) is 3.12. The lowest BCUT2D eigenvalue weighted by atomic mass is 10.0. The molecule has 2 atom stereocenters. The maximum atomic E-state index is 13.1. The van der Waals surface area contributed by atoms with Gasteiger partial charge in [-0.3, -0.25) is 14.5 Å².